The first-order valence-corrected chi connectivity index (χ1v) is 10.5. The van der Waals surface area contributed by atoms with Gasteiger partial charge < -0.3 is 14.7 Å². The molecule has 0 aliphatic carbocycles. The number of hydrogen-bond acceptors (Lipinski definition) is 5. The Hall–Kier alpha value is -2.12. The van der Waals surface area contributed by atoms with E-state index in [1.54, 1.807) is 0 Å². The summed E-state index contributed by atoms with van der Waals surface area (Å²) in [6, 6.07) is 8.04. The number of nitrogens with zero attached hydrogens (tertiary/aromatic N) is 5. The molecule has 1 atom stereocenters. The molecule has 8 heteroatoms. The van der Waals surface area contributed by atoms with Crippen LogP contribution in [0.25, 0.3) is 11.4 Å². The highest BCUT2D eigenvalue weighted by molar-refractivity contribution is 6.30. The minimum atomic E-state index is 0.369. The zero-order valence-corrected chi connectivity index (χ0v) is 17.0. The van der Waals surface area contributed by atoms with Crippen molar-refractivity contribution in [2.45, 2.75) is 38.8 Å². The second-order valence-electron chi connectivity index (χ2n) is 7.32. The van der Waals surface area contributed by atoms with Gasteiger partial charge in [0, 0.05) is 36.3 Å². The van der Waals surface area contributed by atoms with Crippen molar-refractivity contribution in [2.24, 2.45) is 4.99 Å². The smallest absolute Gasteiger partial charge is 0.248 e. The van der Waals surface area contributed by atoms with Gasteiger partial charge in [-0.15, -0.1) is 0 Å². The summed E-state index contributed by atoms with van der Waals surface area (Å²) in [4.78, 5) is 14.2. The fraction of sp³-hybridized carbons (Fsp3) is 0.550. The van der Waals surface area contributed by atoms with Gasteiger partial charge in [-0.2, -0.15) is 4.98 Å². The summed E-state index contributed by atoms with van der Waals surface area (Å²) in [6.07, 6.45) is 3.86. The van der Waals surface area contributed by atoms with Crippen LogP contribution in [0, 0.1) is 0 Å². The average Bonchev–Trinajstić information content (AvgIpc) is 3.47. The number of aromatic nitrogens is 2. The molecule has 1 aromatic carbocycles. The second kappa shape index (κ2) is 8.92. The molecule has 0 spiro atoms. The molecule has 28 heavy (non-hydrogen) atoms. The van der Waals surface area contributed by atoms with Crippen LogP contribution < -0.4 is 5.32 Å². The van der Waals surface area contributed by atoms with E-state index in [2.05, 4.69) is 32.2 Å². The fourth-order valence-electron chi connectivity index (χ4n) is 3.94. The number of benzene rings is 1. The van der Waals surface area contributed by atoms with Crippen molar-refractivity contribution >= 4 is 17.6 Å². The van der Waals surface area contributed by atoms with Crippen molar-refractivity contribution in [3.05, 3.63) is 35.2 Å². The quantitative estimate of drug-likeness (QED) is 0.612. The van der Waals surface area contributed by atoms with Crippen molar-refractivity contribution in [3.63, 3.8) is 0 Å². The van der Waals surface area contributed by atoms with E-state index in [9.17, 15) is 0 Å². The van der Waals surface area contributed by atoms with Crippen LogP contribution in [0.3, 0.4) is 0 Å². The minimum absolute atomic E-state index is 0.369. The van der Waals surface area contributed by atoms with Crippen molar-refractivity contribution in [3.8, 4) is 11.4 Å². The Bertz CT molecular complexity index is 799. The zero-order valence-electron chi connectivity index (χ0n) is 16.3. The molecule has 0 radical (unpaired) electrons. The zero-order chi connectivity index (χ0) is 19.3. The highest BCUT2D eigenvalue weighted by atomic mass is 35.5. The molecule has 2 saturated heterocycles. The van der Waals surface area contributed by atoms with Crippen LogP contribution in [0.2, 0.25) is 5.02 Å². The van der Waals surface area contributed by atoms with Gasteiger partial charge in [0.2, 0.25) is 11.7 Å². The normalized spacial score (nSPS) is 20.9. The molecule has 150 valence electrons. The summed E-state index contributed by atoms with van der Waals surface area (Å²) >= 11 is 5.94. The third-order valence-corrected chi connectivity index (χ3v) is 5.64. The van der Waals surface area contributed by atoms with Crippen molar-refractivity contribution in [2.75, 3.05) is 32.7 Å². The van der Waals surface area contributed by atoms with Gasteiger partial charge >= 0.3 is 0 Å². The van der Waals surface area contributed by atoms with Gasteiger partial charge in [-0.05, 0) is 63.5 Å². The lowest BCUT2D eigenvalue weighted by atomic mass is 10.2. The van der Waals surface area contributed by atoms with Gasteiger partial charge in [0.1, 0.15) is 6.54 Å². The molecule has 2 aliphatic heterocycles. The highest BCUT2D eigenvalue weighted by Gasteiger charge is 2.30. The van der Waals surface area contributed by atoms with Gasteiger partial charge in [0.25, 0.3) is 0 Å². The molecule has 2 fully saturated rings. The molecule has 2 aliphatic rings. The summed E-state index contributed by atoms with van der Waals surface area (Å²) in [6.45, 7) is 7.84. The SMILES string of the molecule is CCNC(=NCc1nc(-c2ccc(Cl)cc2)no1)N1CCC(N2CCCC2)C1. The van der Waals surface area contributed by atoms with Gasteiger partial charge in [-0.1, -0.05) is 16.8 Å². The first-order valence-electron chi connectivity index (χ1n) is 10.1. The van der Waals surface area contributed by atoms with E-state index in [4.69, 9.17) is 21.1 Å². The van der Waals surface area contributed by atoms with E-state index in [0.29, 0.717) is 29.3 Å². The molecular formula is C20H27ClN6O. The average molecular weight is 403 g/mol. The van der Waals surface area contributed by atoms with Crippen LogP contribution in [0.4, 0.5) is 0 Å². The summed E-state index contributed by atoms with van der Waals surface area (Å²) in [7, 11) is 0. The topological polar surface area (TPSA) is 69.8 Å². The maximum Gasteiger partial charge on any atom is 0.248 e. The summed E-state index contributed by atoms with van der Waals surface area (Å²) in [5, 5.41) is 8.15. The molecule has 2 aromatic rings. The van der Waals surface area contributed by atoms with E-state index < -0.39 is 0 Å². The fourth-order valence-corrected chi connectivity index (χ4v) is 4.07. The Labute approximate surface area is 170 Å². The maximum absolute atomic E-state index is 5.94. The number of aliphatic imine (C=N–C) groups is 1. The first-order chi connectivity index (χ1) is 13.7. The van der Waals surface area contributed by atoms with E-state index in [0.717, 1.165) is 31.2 Å². The number of likely N-dealkylation sites (tertiary alicyclic amines) is 2. The molecular weight excluding hydrogens is 376 g/mol. The van der Waals surface area contributed by atoms with E-state index >= 15 is 0 Å². The van der Waals surface area contributed by atoms with E-state index in [1.807, 2.05) is 24.3 Å². The monoisotopic (exact) mass is 402 g/mol. The summed E-state index contributed by atoms with van der Waals surface area (Å²) in [5.74, 6) is 1.99. The standard InChI is InChI=1S/C20H27ClN6O/c1-2-22-20(27-12-9-17(14-27)26-10-3-4-11-26)23-13-18-24-19(25-28-18)15-5-7-16(21)8-6-15/h5-8,17H,2-4,9-14H2,1H3,(H,22,23). The van der Waals surface area contributed by atoms with Crippen molar-refractivity contribution < 1.29 is 4.52 Å². The summed E-state index contributed by atoms with van der Waals surface area (Å²) < 4.78 is 5.39. The molecule has 1 unspecified atom stereocenters. The first kappa shape index (κ1) is 19.2. The van der Waals surface area contributed by atoms with Crippen LogP contribution in [-0.4, -0.2) is 64.7 Å². The van der Waals surface area contributed by atoms with Crippen molar-refractivity contribution in [1.29, 1.82) is 0 Å². The maximum atomic E-state index is 5.94. The van der Waals surface area contributed by atoms with Crippen LogP contribution in [0.15, 0.2) is 33.8 Å². The van der Waals surface area contributed by atoms with Crippen molar-refractivity contribution in [1.82, 2.24) is 25.3 Å². The number of nitrogens with one attached hydrogen (secondary N) is 1. The molecule has 3 heterocycles. The van der Waals surface area contributed by atoms with Gasteiger partial charge in [0.05, 0.1) is 0 Å². The van der Waals surface area contributed by atoms with E-state index in [1.165, 1.54) is 32.4 Å². The third-order valence-electron chi connectivity index (χ3n) is 5.39. The highest BCUT2D eigenvalue weighted by Crippen LogP contribution is 2.21. The molecule has 0 amide bonds. The van der Waals surface area contributed by atoms with Crippen LogP contribution >= 0.6 is 11.6 Å². The molecule has 4 rings (SSSR count). The predicted octanol–water partition coefficient (Wildman–Crippen LogP) is 3.03. The number of hydrogen-bond donors (Lipinski definition) is 1. The molecule has 1 N–H and O–H groups in total. The minimum Gasteiger partial charge on any atom is -0.357 e. The molecule has 0 bridgehead atoms. The number of halogens is 1. The van der Waals surface area contributed by atoms with Crippen LogP contribution in [0.1, 0.15) is 32.1 Å². The van der Waals surface area contributed by atoms with Gasteiger partial charge in [-0.3, -0.25) is 4.90 Å². The lowest BCUT2D eigenvalue weighted by Crippen LogP contribution is -2.42. The van der Waals surface area contributed by atoms with Crippen LogP contribution in [0.5, 0.6) is 0 Å². The molecule has 7 nitrogen and oxygen atoms in total. The van der Waals surface area contributed by atoms with E-state index in [-0.39, 0.29) is 0 Å². The Morgan fingerprint density at radius 1 is 1.25 bits per heavy atom. The second-order valence-corrected chi connectivity index (χ2v) is 7.76. The van der Waals surface area contributed by atoms with Crippen LogP contribution in [-0.2, 0) is 6.54 Å². The predicted molar refractivity (Wildman–Crippen MR) is 110 cm³/mol. The lowest BCUT2D eigenvalue weighted by molar-refractivity contribution is 0.249. The Morgan fingerprint density at radius 2 is 2.04 bits per heavy atom. The third kappa shape index (κ3) is 4.47. The Kier molecular flexibility index (Phi) is 6.12. The number of rotatable bonds is 5. The Balaban J connectivity index is 1.40. The largest absolute Gasteiger partial charge is 0.357 e. The number of guanidine groups is 1. The molecule has 1 aromatic heterocycles. The Morgan fingerprint density at radius 3 is 2.79 bits per heavy atom. The lowest BCUT2D eigenvalue weighted by Gasteiger charge is -2.25. The molecule has 0 saturated carbocycles. The summed E-state index contributed by atoms with van der Waals surface area (Å²) in [5.41, 5.74) is 0.878. The van der Waals surface area contributed by atoms with Gasteiger partial charge in [0.15, 0.2) is 5.96 Å². The van der Waals surface area contributed by atoms with Gasteiger partial charge in [-0.25, -0.2) is 4.99 Å².